The summed E-state index contributed by atoms with van der Waals surface area (Å²) in [6.45, 7) is 4.89. The number of allylic oxidation sites excluding steroid dienone is 4. The zero-order chi connectivity index (χ0) is 44.5. The lowest BCUT2D eigenvalue weighted by Gasteiger charge is -2.50. The van der Waals surface area contributed by atoms with Gasteiger partial charge >= 0.3 is 0 Å². The van der Waals surface area contributed by atoms with Gasteiger partial charge in [-0.05, 0) is 126 Å². The second kappa shape index (κ2) is 14.0. The summed E-state index contributed by atoms with van der Waals surface area (Å²) in [5.41, 5.74) is 21.3. The van der Waals surface area contributed by atoms with E-state index < -0.39 is 10.8 Å². The minimum Gasteiger partial charge on any atom is -0.456 e. The fourth-order valence-electron chi connectivity index (χ4n) is 13.4. The van der Waals surface area contributed by atoms with E-state index in [2.05, 4.69) is 249 Å². The molecular weight excluding hydrogens is 811 g/mol. The molecule has 0 amide bonds. The van der Waals surface area contributed by atoms with Gasteiger partial charge in [0.1, 0.15) is 11.2 Å². The molecule has 10 aromatic rings. The fraction of sp³-hybridized carbons (Fsp3) is 0.108. The summed E-state index contributed by atoms with van der Waals surface area (Å²) in [5.74, 6) is 0.305. The van der Waals surface area contributed by atoms with E-state index in [0.717, 1.165) is 39.7 Å². The number of anilines is 2. The van der Waals surface area contributed by atoms with Crippen LogP contribution in [0.15, 0.2) is 241 Å². The summed E-state index contributed by atoms with van der Waals surface area (Å²) >= 11 is 0. The number of hydrogen-bond acceptors (Lipinski definition) is 2. The molecule has 0 radical (unpaired) electrons. The maximum Gasteiger partial charge on any atom is 0.135 e. The van der Waals surface area contributed by atoms with Gasteiger partial charge in [-0.3, -0.25) is 0 Å². The van der Waals surface area contributed by atoms with Gasteiger partial charge in [0.2, 0.25) is 0 Å². The lowest BCUT2D eigenvalue weighted by Crippen LogP contribution is -2.45. The van der Waals surface area contributed by atoms with Crippen molar-refractivity contribution in [2.45, 2.75) is 36.5 Å². The van der Waals surface area contributed by atoms with Crippen LogP contribution < -0.4 is 4.90 Å². The largest absolute Gasteiger partial charge is 0.456 e. The second-order valence-corrected chi connectivity index (χ2v) is 19.5. The average molecular weight is 858 g/mol. The third-order valence-corrected chi connectivity index (χ3v) is 16.1. The highest BCUT2D eigenvalue weighted by Crippen LogP contribution is 2.67. The molecule has 67 heavy (non-hydrogen) atoms. The molecule has 1 aromatic heterocycles. The number of nitrogens with zero attached hydrogens (tertiary/aromatic N) is 1. The molecule has 318 valence electrons. The predicted molar refractivity (Wildman–Crippen MR) is 275 cm³/mol. The number of fused-ring (bicyclic) bond motifs is 11. The minimum absolute atomic E-state index is 0.0498. The van der Waals surface area contributed by atoms with Crippen molar-refractivity contribution < 1.29 is 4.42 Å². The van der Waals surface area contributed by atoms with Crippen LogP contribution in [-0.2, 0) is 16.2 Å². The van der Waals surface area contributed by atoms with Crippen LogP contribution >= 0.6 is 0 Å². The smallest absolute Gasteiger partial charge is 0.135 e. The molecule has 2 heteroatoms. The van der Waals surface area contributed by atoms with Crippen LogP contribution in [0, 0.1) is 5.92 Å². The van der Waals surface area contributed by atoms with E-state index in [4.69, 9.17) is 4.42 Å². The Hall–Kier alpha value is -7.94. The number of hydrogen-bond donors (Lipinski definition) is 0. The van der Waals surface area contributed by atoms with Gasteiger partial charge in [0.25, 0.3) is 0 Å². The van der Waals surface area contributed by atoms with Crippen LogP contribution in [-0.4, -0.2) is 0 Å². The van der Waals surface area contributed by atoms with Gasteiger partial charge in [-0.2, -0.15) is 0 Å². The van der Waals surface area contributed by atoms with E-state index in [1.807, 2.05) is 0 Å². The van der Waals surface area contributed by atoms with E-state index in [-0.39, 0.29) is 5.41 Å². The van der Waals surface area contributed by atoms with E-state index in [1.54, 1.807) is 0 Å². The van der Waals surface area contributed by atoms with Gasteiger partial charge in [0.05, 0.1) is 16.5 Å². The minimum atomic E-state index is -0.732. The van der Waals surface area contributed by atoms with E-state index in [0.29, 0.717) is 5.92 Å². The van der Waals surface area contributed by atoms with Gasteiger partial charge in [0.15, 0.2) is 0 Å². The summed E-state index contributed by atoms with van der Waals surface area (Å²) < 4.78 is 6.49. The molecule has 0 aliphatic heterocycles. The summed E-state index contributed by atoms with van der Waals surface area (Å²) in [4.78, 5) is 2.60. The Balaban J connectivity index is 1.10. The van der Waals surface area contributed by atoms with E-state index >= 15 is 0 Å². The van der Waals surface area contributed by atoms with Crippen LogP contribution in [0.2, 0.25) is 0 Å². The van der Waals surface area contributed by atoms with Crippen molar-refractivity contribution in [3.8, 4) is 11.1 Å². The topological polar surface area (TPSA) is 16.4 Å². The van der Waals surface area contributed by atoms with Crippen molar-refractivity contribution >= 4 is 38.9 Å². The molecule has 4 aliphatic carbocycles. The Morgan fingerprint density at radius 1 is 0.433 bits per heavy atom. The van der Waals surface area contributed by atoms with Crippen molar-refractivity contribution in [2.24, 2.45) is 5.92 Å². The van der Waals surface area contributed by atoms with Gasteiger partial charge < -0.3 is 9.32 Å². The molecule has 9 aromatic carbocycles. The molecule has 2 nitrogen and oxygen atoms in total. The Kier molecular flexibility index (Phi) is 8.03. The first kappa shape index (κ1) is 38.3. The first-order valence-electron chi connectivity index (χ1n) is 23.8. The van der Waals surface area contributed by atoms with Gasteiger partial charge in [0, 0.05) is 22.2 Å². The van der Waals surface area contributed by atoms with Crippen LogP contribution in [0.25, 0.3) is 38.6 Å². The summed E-state index contributed by atoms with van der Waals surface area (Å²) in [7, 11) is 0. The molecule has 0 saturated carbocycles. The summed E-state index contributed by atoms with van der Waals surface area (Å²) in [6, 6.07) is 81.9. The third-order valence-electron chi connectivity index (χ3n) is 16.1. The predicted octanol–water partition coefficient (Wildman–Crippen LogP) is 16.1. The standard InChI is InChI=1S/C65H47NO/c1-63(2)52-28-12-9-24-46(52)48-38-36-45(41-58(48)63)66(44-37-39-61-51(40-44)49-26-11-18-35-60(49)67-61)59-34-17-16-32-56(59)64(42-20-5-3-6-21-42)54-30-14-15-31-55(54)65(43-22-7-4-8-23-43)53-29-13-10-25-47(53)50-27-19-33-57(64)62(50)65/h3-40,58H,41H2,1-2H3. The van der Waals surface area contributed by atoms with Gasteiger partial charge in [-0.15, -0.1) is 0 Å². The first-order chi connectivity index (χ1) is 33.0. The monoisotopic (exact) mass is 857 g/mol. The molecule has 0 saturated heterocycles. The van der Waals surface area contributed by atoms with Crippen molar-refractivity contribution in [3.05, 3.63) is 292 Å². The molecule has 0 N–H and O–H groups in total. The molecular formula is C65H47NO. The van der Waals surface area contributed by atoms with Gasteiger partial charge in [-0.1, -0.05) is 208 Å². The lowest BCUT2D eigenvalue weighted by atomic mass is 9.51. The van der Waals surface area contributed by atoms with Crippen LogP contribution in [0.4, 0.5) is 11.4 Å². The highest BCUT2D eigenvalue weighted by molar-refractivity contribution is 6.06. The van der Waals surface area contributed by atoms with Crippen LogP contribution in [0.5, 0.6) is 0 Å². The Labute approximate surface area is 391 Å². The zero-order valence-electron chi connectivity index (χ0n) is 37.6. The number of furan rings is 1. The van der Waals surface area contributed by atoms with Gasteiger partial charge in [-0.25, -0.2) is 0 Å². The van der Waals surface area contributed by atoms with E-state index in [1.165, 1.54) is 78.0 Å². The normalized spacial score (nSPS) is 20.3. The molecule has 14 rings (SSSR count). The molecule has 0 fully saturated rings. The van der Waals surface area contributed by atoms with Crippen molar-refractivity contribution in [3.63, 3.8) is 0 Å². The summed E-state index contributed by atoms with van der Waals surface area (Å²) in [5, 5.41) is 2.24. The Bertz CT molecular complexity index is 3720. The Morgan fingerprint density at radius 3 is 1.78 bits per heavy atom. The molecule has 0 bridgehead atoms. The highest BCUT2D eigenvalue weighted by atomic mass is 16.3. The molecule has 1 heterocycles. The number of rotatable bonds is 6. The maximum atomic E-state index is 6.49. The quantitative estimate of drug-likeness (QED) is 0.166. The first-order valence-corrected chi connectivity index (χ1v) is 23.8. The van der Waals surface area contributed by atoms with Crippen molar-refractivity contribution in [2.75, 3.05) is 4.90 Å². The van der Waals surface area contributed by atoms with Crippen molar-refractivity contribution in [1.29, 1.82) is 0 Å². The zero-order valence-corrected chi connectivity index (χ0v) is 37.6. The molecule has 3 unspecified atom stereocenters. The Morgan fingerprint density at radius 2 is 1.00 bits per heavy atom. The summed E-state index contributed by atoms with van der Waals surface area (Å²) in [6.07, 6.45) is 5.73. The van der Waals surface area contributed by atoms with Crippen LogP contribution in [0.3, 0.4) is 0 Å². The molecule has 4 aliphatic rings. The fourth-order valence-corrected chi connectivity index (χ4v) is 13.4. The number of benzene rings is 9. The number of para-hydroxylation sites is 2. The highest BCUT2D eigenvalue weighted by Gasteiger charge is 2.58. The average Bonchev–Trinajstić information content (AvgIpc) is 3.99. The van der Waals surface area contributed by atoms with Crippen molar-refractivity contribution in [1.82, 2.24) is 0 Å². The second-order valence-electron chi connectivity index (χ2n) is 19.5. The molecule has 0 spiro atoms. The lowest BCUT2D eigenvalue weighted by molar-refractivity contribution is 0.406. The van der Waals surface area contributed by atoms with Crippen LogP contribution in [0.1, 0.15) is 75.9 Å². The van der Waals surface area contributed by atoms with E-state index in [9.17, 15) is 0 Å². The maximum absolute atomic E-state index is 6.49. The SMILES string of the molecule is CC1(C)c2ccccc2C2=CC=C(N(c3ccc4oc5ccccc5c4c3)c3ccccc3C3(c4ccccc4)c4ccccc4C4(c5ccccc5)c5ccccc5-c5cccc3c54)CC21. The molecule has 3 atom stereocenters. The third kappa shape index (κ3) is 5.00.